The summed E-state index contributed by atoms with van der Waals surface area (Å²) in [6, 6.07) is 16.4. The van der Waals surface area contributed by atoms with E-state index in [0.717, 1.165) is 28.0 Å². The van der Waals surface area contributed by atoms with Crippen LogP contribution in [0.4, 0.5) is 4.79 Å². The van der Waals surface area contributed by atoms with Crippen LogP contribution in [-0.2, 0) is 9.53 Å². The Morgan fingerprint density at radius 1 is 0.926 bits per heavy atom. The summed E-state index contributed by atoms with van der Waals surface area (Å²) < 4.78 is 5.18. The Balaban J connectivity index is 1.81. The molecule has 0 aliphatic heterocycles. The maximum Gasteiger partial charge on any atom is 0.339 e. The van der Waals surface area contributed by atoms with Crippen molar-refractivity contribution in [1.82, 2.24) is 10.6 Å². The van der Waals surface area contributed by atoms with Crippen molar-refractivity contribution in [1.29, 1.82) is 0 Å². The van der Waals surface area contributed by atoms with Crippen molar-refractivity contribution < 1.29 is 19.1 Å². The topological polar surface area (TPSA) is 84.5 Å². The second-order valence-electron chi connectivity index (χ2n) is 6.07. The molecule has 0 aliphatic carbocycles. The Hall–Kier alpha value is -3.41. The number of amides is 3. The minimum absolute atomic E-state index is 0.409. The molecule has 0 aliphatic rings. The molecule has 27 heavy (non-hydrogen) atoms. The van der Waals surface area contributed by atoms with Crippen molar-refractivity contribution in [2.45, 2.75) is 13.3 Å². The lowest BCUT2D eigenvalue weighted by Gasteiger charge is -2.11. The number of fused-ring (bicyclic) bond motifs is 2. The molecule has 0 aromatic heterocycles. The second kappa shape index (κ2) is 8.31. The Morgan fingerprint density at radius 2 is 1.52 bits per heavy atom. The van der Waals surface area contributed by atoms with E-state index in [-0.39, 0.29) is 0 Å². The van der Waals surface area contributed by atoms with Crippen LogP contribution in [0, 0.1) is 0 Å². The summed E-state index contributed by atoms with van der Waals surface area (Å²) in [4.78, 5) is 36.1. The van der Waals surface area contributed by atoms with E-state index >= 15 is 0 Å². The van der Waals surface area contributed by atoms with Gasteiger partial charge in [-0.1, -0.05) is 55.5 Å². The van der Waals surface area contributed by atoms with Crippen LogP contribution in [0.25, 0.3) is 21.5 Å². The molecule has 0 radical (unpaired) electrons. The maximum absolute atomic E-state index is 12.7. The molecule has 0 atom stereocenters. The van der Waals surface area contributed by atoms with Crippen molar-refractivity contribution >= 4 is 39.5 Å². The third kappa shape index (κ3) is 4.23. The quantitative estimate of drug-likeness (QED) is 0.537. The normalized spacial score (nSPS) is 10.6. The van der Waals surface area contributed by atoms with Gasteiger partial charge in [-0.15, -0.1) is 0 Å². The molecule has 0 saturated carbocycles. The highest BCUT2D eigenvalue weighted by Crippen LogP contribution is 2.29. The number of carbonyl (C=O) groups excluding carboxylic acids is 3. The van der Waals surface area contributed by atoms with E-state index in [1.165, 1.54) is 0 Å². The Morgan fingerprint density at radius 3 is 2.11 bits per heavy atom. The summed E-state index contributed by atoms with van der Waals surface area (Å²) in [5.41, 5.74) is 0.409. The van der Waals surface area contributed by atoms with Crippen LogP contribution in [0.2, 0.25) is 0 Å². The molecular formula is C21H20N2O4. The molecule has 3 amide bonds. The highest BCUT2D eigenvalue weighted by Gasteiger charge is 2.18. The zero-order valence-electron chi connectivity index (χ0n) is 15.0. The van der Waals surface area contributed by atoms with Gasteiger partial charge in [0.25, 0.3) is 5.91 Å². The fraction of sp³-hybridized carbons (Fsp3) is 0.190. The van der Waals surface area contributed by atoms with Gasteiger partial charge in [0.15, 0.2) is 6.61 Å². The predicted octanol–water partition coefficient (Wildman–Crippen LogP) is 3.39. The van der Waals surface area contributed by atoms with Gasteiger partial charge in [-0.2, -0.15) is 0 Å². The van der Waals surface area contributed by atoms with E-state index < -0.39 is 24.5 Å². The third-order valence-electron chi connectivity index (χ3n) is 4.10. The molecule has 0 saturated heterocycles. The van der Waals surface area contributed by atoms with E-state index in [2.05, 4.69) is 10.6 Å². The summed E-state index contributed by atoms with van der Waals surface area (Å²) in [6.45, 7) is 1.83. The molecule has 138 valence electrons. The van der Waals surface area contributed by atoms with Crippen LogP contribution < -0.4 is 10.6 Å². The molecule has 0 bridgehead atoms. The number of ether oxygens (including phenoxy) is 1. The van der Waals surface area contributed by atoms with Crippen LogP contribution in [0.3, 0.4) is 0 Å². The molecule has 0 unspecified atom stereocenters. The molecule has 3 rings (SSSR count). The van der Waals surface area contributed by atoms with Crippen molar-refractivity contribution in [3.05, 3.63) is 60.2 Å². The van der Waals surface area contributed by atoms with Crippen LogP contribution in [-0.4, -0.2) is 31.1 Å². The molecule has 0 heterocycles. The Kier molecular flexibility index (Phi) is 5.66. The Labute approximate surface area is 156 Å². The predicted molar refractivity (Wildman–Crippen MR) is 104 cm³/mol. The van der Waals surface area contributed by atoms with Gasteiger partial charge >= 0.3 is 12.0 Å². The first-order valence-electron chi connectivity index (χ1n) is 8.75. The minimum atomic E-state index is -0.679. The summed E-state index contributed by atoms with van der Waals surface area (Å²) in [7, 11) is 0. The molecule has 3 aromatic carbocycles. The van der Waals surface area contributed by atoms with Gasteiger partial charge in [0.05, 0.1) is 5.56 Å². The number of esters is 1. The first-order chi connectivity index (χ1) is 13.1. The summed E-state index contributed by atoms with van der Waals surface area (Å²) >= 11 is 0. The zero-order valence-corrected chi connectivity index (χ0v) is 15.0. The summed E-state index contributed by atoms with van der Waals surface area (Å²) in [5, 5.41) is 7.97. The number of hydrogen-bond acceptors (Lipinski definition) is 4. The van der Waals surface area contributed by atoms with Gasteiger partial charge < -0.3 is 10.1 Å². The van der Waals surface area contributed by atoms with E-state index in [4.69, 9.17) is 4.74 Å². The van der Waals surface area contributed by atoms with Crippen molar-refractivity contribution in [3.8, 4) is 0 Å². The average Bonchev–Trinajstić information content (AvgIpc) is 2.68. The molecule has 6 heteroatoms. The van der Waals surface area contributed by atoms with E-state index in [9.17, 15) is 14.4 Å². The van der Waals surface area contributed by atoms with Gasteiger partial charge in [-0.3, -0.25) is 10.1 Å². The van der Waals surface area contributed by atoms with Crippen LogP contribution in [0.5, 0.6) is 0 Å². The van der Waals surface area contributed by atoms with Gasteiger partial charge in [0.2, 0.25) is 0 Å². The lowest BCUT2D eigenvalue weighted by molar-refractivity contribution is -0.123. The Bertz CT molecular complexity index is 959. The monoisotopic (exact) mass is 364 g/mol. The highest BCUT2D eigenvalue weighted by atomic mass is 16.5. The molecule has 3 aromatic rings. The van der Waals surface area contributed by atoms with Crippen molar-refractivity contribution in [2.24, 2.45) is 0 Å². The van der Waals surface area contributed by atoms with E-state index in [1.807, 2.05) is 61.5 Å². The number of benzene rings is 3. The largest absolute Gasteiger partial charge is 0.452 e. The lowest BCUT2D eigenvalue weighted by atomic mass is 9.97. The number of carbonyl (C=O) groups is 3. The maximum atomic E-state index is 12.7. The summed E-state index contributed by atoms with van der Waals surface area (Å²) in [5.74, 6) is -1.28. The molecule has 6 nitrogen and oxygen atoms in total. The first-order valence-corrected chi connectivity index (χ1v) is 8.75. The zero-order chi connectivity index (χ0) is 19.2. The van der Waals surface area contributed by atoms with Gasteiger partial charge in [0, 0.05) is 6.54 Å². The lowest BCUT2D eigenvalue weighted by Crippen LogP contribution is -2.41. The van der Waals surface area contributed by atoms with Crippen LogP contribution in [0.15, 0.2) is 54.6 Å². The molecular weight excluding hydrogens is 344 g/mol. The van der Waals surface area contributed by atoms with Crippen LogP contribution in [0.1, 0.15) is 23.7 Å². The number of nitrogens with one attached hydrogen (secondary N) is 2. The fourth-order valence-electron chi connectivity index (χ4n) is 2.88. The van der Waals surface area contributed by atoms with Gasteiger partial charge in [0.1, 0.15) is 0 Å². The van der Waals surface area contributed by atoms with Crippen molar-refractivity contribution in [3.63, 3.8) is 0 Å². The highest BCUT2D eigenvalue weighted by molar-refractivity contribution is 6.16. The third-order valence-corrected chi connectivity index (χ3v) is 4.10. The molecule has 0 spiro atoms. The number of rotatable bonds is 5. The van der Waals surface area contributed by atoms with Crippen LogP contribution >= 0.6 is 0 Å². The molecule has 0 fully saturated rings. The first kappa shape index (κ1) is 18.4. The number of imide groups is 1. The smallest absolute Gasteiger partial charge is 0.339 e. The average molecular weight is 364 g/mol. The standard InChI is InChI=1S/C21H20N2O4/c1-2-11-22-21(26)23-18(24)13-27-20(25)19-16-9-5-3-7-14(16)12-15-8-4-6-10-17(15)19/h3-10,12H,2,11,13H2,1H3,(H2,22,23,24,26). The fourth-order valence-corrected chi connectivity index (χ4v) is 2.88. The SMILES string of the molecule is CCCNC(=O)NC(=O)COC(=O)c1c2ccccc2cc2ccccc12. The van der Waals surface area contributed by atoms with E-state index in [1.54, 1.807) is 0 Å². The molecule has 2 N–H and O–H groups in total. The number of urea groups is 1. The van der Waals surface area contributed by atoms with Crippen molar-refractivity contribution in [2.75, 3.05) is 13.2 Å². The summed E-state index contributed by atoms with van der Waals surface area (Å²) in [6.07, 6.45) is 0.755. The van der Waals surface area contributed by atoms with Gasteiger partial charge in [-0.25, -0.2) is 9.59 Å². The van der Waals surface area contributed by atoms with Gasteiger partial charge in [-0.05, 0) is 34.0 Å². The minimum Gasteiger partial charge on any atom is -0.452 e. The number of hydrogen-bond donors (Lipinski definition) is 2. The van der Waals surface area contributed by atoms with E-state index in [0.29, 0.717) is 12.1 Å². The second-order valence-corrected chi connectivity index (χ2v) is 6.07.